The fourth-order valence-corrected chi connectivity index (χ4v) is 4.24. The number of aryl methyl sites for hydroxylation is 1. The van der Waals surface area contributed by atoms with Crippen LogP contribution in [0.1, 0.15) is 45.4 Å². The predicted octanol–water partition coefficient (Wildman–Crippen LogP) is 7.23. The SMILES string of the molecule is CCCCCCCCn1c2ccccc2c2ccnc(-c3ccc(OC)cc3)c21. The van der Waals surface area contributed by atoms with Crippen LogP contribution in [-0.4, -0.2) is 16.7 Å². The van der Waals surface area contributed by atoms with Crippen LogP contribution < -0.4 is 4.74 Å². The summed E-state index contributed by atoms with van der Waals surface area (Å²) in [6, 6.07) is 19.1. The highest BCUT2D eigenvalue weighted by atomic mass is 16.5. The van der Waals surface area contributed by atoms with Gasteiger partial charge in [0.25, 0.3) is 0 Å². The molecule has 0 aliphatic carbocycles. The first-order valence-corrected chi connectivity index (χ1v) is 10.8. The Morgan fingerprint density at radius 1 is 0.828 bits per heavy atom. The van der Waals surface area contributed by atoms with E-state index in [-0.39, 0.29) is 0 Å². The second-order valence-corrected chi connectivity index (χ2v) is 7.72. The van der Waals surface area contributed by atoms with Crippen LogP contribution in [0.4, 0.5) is 0 Å². The maximum Gasteiger partial charge on any atom is 0.118 e. The summed E-state index contributed by atoms with van der Waals surface area (Å²) in [5, 5.41) is 2.60. The number of aromatic nitrogens is 2. The van der Waals surface area contributed by atoms with Gasteiger partial charge in [-0.3, -0.25) is 4.98 Å². The standard InChI is InChI=1S/C26H30N2O/c1-3-4-5-6-7-10-19-28-24-12-9-8-11-22(24)23-17-18-27-25(26(23)28)20-13-15-21(29-2)16-14-20/h8-9,11-18H,3-7,10,19H2,1-2H3. The van der Waals surface area contributed by atoms with Crippen LogP contribution in [0.25, 0.3) is 33.1 Å². The highest BCUT2D eigenvalue weighted by molar-refractivity contribution is 6.11. The highest BCUT2D eigenvalue weighted by Crippen LogP contribution is 2.35. The van der Waals surface area contributed by atoms with Crippen molar-refractivity contribution in [2.24, 2.45) is 0 Å². The third-order valence-corrected chi connectivity index (χ3v) is 5.78. The van der Waals surface area contributed by atoms with E-state index in [1.54, 1.807) is 7.11 Å². The number of hydrogen-bond acceptors (Lipinski definition) is 2. The predicted molar refractivity (Wildman–Crippen MR) is 123 cm³/mol. The first-order valence-electron chi connectivity index (χ1n) is 10.8. The number of rotatable bonds is 9. The number of unbranched alkanes of at least 4 members (excludes halogenated alkanes) is 5. The summed E-state index contributed by atoms with van der Waals surface area (Å²) < 4.78 is 7.82. The lowest BCUT2D eigenvalue weighted by Gasteiger charge is -2.11. The molecule has 2 heterocycles. The molecule has 0 N–H and O–H groups in total. The molecule has 4 rings (SSSR count). The molecule has 0 fully saturated rings. The molecule has 3 heteroatoms. The minimum absolute atomic E-state index is 0.869. The van der Waals surface area contributed by atoms with Crippen LogP contribution in [0.15, 0.2) is 60.8 Å². The molecule has 0 unspecified atom stereocenters. The largest absolute Gasteiger partial charge is 0.497 e. The number of methoxy groups -OCH3 is 1. The van der Waals surface area contributed by atoms with Gasteiger partial charge < -0.3 is 9.30 Å². The fraction of sp³-hybridized carbons (Fsp3) is 0.346. The van der Waals surface area contributed by atoms with E-state index in [2.05, 4.69) is 54.0 Å². The van der Waals surface area contributed by atoms with Crippen LogP contribution in [0.2, 0.25) is 0 Å². The lowest BCUT2D eigenvalue weighted by atomic mass is 10.1. The Bertz CT molecular complexity index is 1080. The zero-order chi connectivity index (χ0) is 20.1. The summed E-state index contributed by atoms with van der Waals surface area (Å²) in [6.45, 7) is 3.30. The monoisotopic (exact) mass is 386 g/mol. The Morgan fingerprint density at radius 3 is 2.38 bits per heavy atom. The molecule has 0 amide bonds. The Hall–Kier alpha value is -2.81. The summed E-state index contributed by atoms with van der Waals surface area (Å²) in [5.74, 6) is 0.869. The summed E-state index contributed by atoms with van der Waals surface area (Å²) in [6.07, 6.45) is 9.74. The van der Waals surface area contributed by atoms with Crippen molar-refractivity contribution in [3.63, 3.8) is 0 Å². The lowest BCUT2D eigenvalue weighted by molar-refractivity contribution is 0.415. The van der Waals surface area contributed by atoms with E-state index in [1.807, 2.05) is 18.3 Å². The lowest BCUT2D eigenvalue weighted by Crippen LogP contribution is -2.00. The van der Waals surface area contributed by atoms with Crippen molar-refractivity contribution in [2.75, 3.05) is 7.11 Å². The van der Waals surface area contributed by atoms with Gasteiger partial charge in [-0.05, 0) is 42.8 Å². The summed E-state index contributed by atoms with van der Waals surface area (Å²) >= 11 is 0. The van der Waals surface area contributed by atoms with Gasteiger partial charge in [-0.15, -0.1) is 0 Å². The molecule has 0 bridgehead atoms. The first-order chi connectivity index (χ1) is 14.3. The number of fused-ring (bicyclic) bond motifs is 3. The van der Waals surface area contributed by atoms with Gasteiger partial charge in [0.1, 0.15) is 5.75 Å². The van der Waals surface area contributed by atoms with Crippen LogP contribution in [0.3, 0.4) is 0 Å². The minimum Gasteiger partial charge on any atom is -0.497 e. The van der Waals surface area contributed by atoms with Gasteiger partial charge in [-0.2, -0.15) is 0 Å². The molecule has 2 aromatic carbocycles. The molecule has 3 nitrogen and oxygen atoms in total. The van der Waals surface area contributed by atoms with E-state index in [0.29, 0.717) is 0 Å². The summed E-state index contributed by atoms with van der Waals surface area (Å²) in [7, 11) is 1.70. The van der Waals surface area contributed by atoms with E-state index in [4.69, 9.17) is 9.72 Å². The topological polar surface area (TPSA) is 27.1 Å². The van der Waals surface area contributed by atoms with Gasteiger partial charge in [0, 0.05) is 34.6 Å². The molecule has 0 saturated carbocycles. The third-order valence-electron chi connectivity index (χ3n) is 5.78. The van der Waals surface area contributed by atoms with Crippen molar-refractivity contribution in [3.05, 3.63) is 60.8 Å². The van der Waals surface area contributed by atoms with Crippen molar-refractivity contribution in [3.8, 4) is 17.0 Å². The normalized spacial score (nSPS) is 11.4. The van der Waals surface area contributed by atoms with E-state index in [9.17, 15) is 0 Å². The second-order valence-electron chi connectivity index (χ2n) is 7.72. The summed E-state index contributed by atoms with van der Waals surface area (Å²) in [5.41, 5.74) is 4.72. The van der Waals surface area contributed by atoms with Crippen LogP contribution >= 0.6 is 0 Å². The molecule has 0 saturated heterocycles. The van der Waals surface area contributed by atoms with E-state index in [0.717, 1.165) is 23.6 Å². The maximum absolute atomic E-state index is 5.33. The third kappa shape index (κ3) is 4.00. The van der Waals surface area contributed by atoms with Crippen molar-refractivity contribution in [1.29, 1.82) is 0 Å². The molecule has 0 atom stereocenters. The number of nitrogens with zero attached hydrogens (tertiary/aromatic N) is 2. The molecular formula is C26H30N2O. The molecule has 4 aromatic rings. The van der Waals surface area contributed by atoms with E-state index >= 15 is 0 Å². The number of benzene rings is 2. The van der Waals surface area contributed by atoms with Crippen molar-refractivity contribution in [1.82, 2.24) is 9.55 Å². The van der Waals surface area contributed by atoms with Gasteiger partial charge in [-0.25, -0.2) is 0 Å². The minimum atomic E-state index is 0.869. The average Bonchev–Trinajstić information content (AvgIpc) is 3.10. The van der Waals surface area contributed by atoms with E-state index < -0.39 is 0 Å². The average molecular weight is 387 g/mol. The van der Waals surface area contributed by atoms with Crippen LogP contribution in [0, 0.1) is 0 Å². The molecule has 0 aliphatic rings. The zero-order valence-electron chi connectivity index (χ0n) is 17.5. The van der Waals surface area contributed by atoms with Crippen molar-refractivity contribution >= 4 is 21.8 Å². The van der Waals surface area contributed by atoms with Crippen LogP contribution in [-0.2, 0) is 6.54 Å². The highest BCUT2D eigenvalue weighted by Gasteiger charge is 2.15. The molecule has 150 valence electrons. The quantitative estimate of drug-likeness (QED) is 0.284. The van der Waals surface area contributed by atoms with E-state index in [1.165, 1.54) is 60.3 Å². The molecule has 0 radical (unpaired) electrons. The number of hydrogen-bond donors (Lipinski definition) is 0. The van der Waals surface area contributed by atoms with Gasteiger partial charge >= 0.3 is 0 Å². The molecule has 0 spiro atoms. The fourth-order valence-electron chi connectivity index (χ4n) is 4.24. The Kier molecular flexibility index (Phi) is 6.14. The van der Waals surface area contributed by atoms with Crippen molar-refractivity contribution < 1.29 is 4.74 Å². The zero-order valence-corrected chi connectivity index (χ0v) is 17.5. The first kappa shape index (κ1) is 19.5. The van der Waals surface area contributed by atoms with Gasteiger partial charge in [-0.1, -0.05) is 57.2 Å². The molecule has 2 aromatic heterocycles. The van der Waals surface area contributed by atoms with Crippen molar-refractivity contribution in [2.45, 2.75) is 52.0 Å². The van der Waals surface area contributed by atoms with Gasteiger partial charge in [0.2, 0.25) is 0 Å². The molecule has 0 aliphatic heterocycles. The Balaban J connectivity index is 1.75. The Morgan fingerprint density at radius 2 is 1.59 bits per heavy atom. The summed E-state index contributed by atoms with van der Waals surface area (Å²) in [4.78, 5) is 4.80. The van der Waals surface area contributed by atoms with Crippen LogP contribution in [0.5, 0.6) is 5.75 Å². The Labute approximate surface area is 173 Å². The smallest absolute Gasteiger partial charge is 0.118 e. The number of ether oxygens (including phenoxy) is 1. The van der Waals surface area contributed by atoms with Gasteiger partial charge in [0.15, 0.2) is 0 Å². The second kappa shape index (κ2) is 9.13. The molecular weight excluding hydrogens is 356 g/mol. The number of pyridine rings is 1. The number of para-hydroxylation sites is 1. The molecule has 29 heavy (non-hydrogen) atoms. The van der Waals surface area contributed by atoms with Gasteiger partial charge in [0.05, 0.1) is 18.3 Å². The maximum atomic E-state index is 5.33.